The van der Waals surface area contributed by atoms with Gasteiger partial charge in [-0.05, 0) is 37.1 Å². The highest BCUT2D eigenvalue weighted by Crippen LogP contribution is 2.34. The van der Waals surface area contributed by atoms with Crippen LogP contribution < -0.4 is 15.4 Å². The highest BCUT2D eigenvalue weighted by Gasteiger charge is 2.38. The quantitative estimate of drug-likeness (QED) is 0.621. The zero-order valence-electron chi connectivity index (χ0n) is 17.6. The standard InChI is InChI=1S/C22H27N5O4/c1-16(28)26-22(12-4-2-3-5-13-22)21-25-20(31-27-21)11-10-19(29)24-17-6-8-18(9-7-17)30-15-14-23/h6-9H,2-5,10-13,15H2,1H3,(H,24,29)(H,26,28). The molecule has 2 amide bonds. The van der Waals surface area contributed by atoms with Gasteiger partial charge in [0.1, 0.15) is 17.4 Å². The number of anilines is 1. The molecule has 2 N–H and O–H groups in total. The number of carbonyl (C=O) groups excluding carboxylic acids is 2. The number of hydrogen-bond donors (Lipinski definition) is 2. The number of nitrogens with one attached hydrogen (secondary N) is 2. The summed E-state index contributed by atoms with van der Waals surface area (Å²) in [7, 11) is 0. The molecule has 9 nitrogen and oxygen atoms in total. The molecule has 1 aromatic heterocycles. The summed E-state index contributed by atoms with van der Waals surface area (Å²) in [5, 5.41) is 18.5. The zero-order valence-corrected chi connectivity index (χ0v) is 17.6. The summed E-state index contributed by atoms with van der Waals surface area (Å²) in [6.45, 7) is 1.47. The third-order valence-electron chi connectivity index (χ3n) is 5.28. The number of benzene rings is 1. The molecule has 1 aliphatic carbocycles. The van der Waals surface area contributed by atoms with Crippen LogP contribution in [0, 0.1) is 11.3 Å². The van der Waals surface area contributed by atoms with Gasteiger partial charge in [-0.25, -0.2) is 0 Å². The molecule has 1 fully saturated rings. The van der Waals surface area contributed by atoms with Crippen LogP contribution in [-0.2, 0) is 21.5 Å². The molecule has 0 atom stereocenters. The molecular formula is C22H27N5O4. The molecule has 9 heteroatoms. The summed E-state index contributed by atoms with van der Waals surface area (Å²) in [5.74, 6) is 1.13. The van der Waals surface area contributed by atoms with Crippen molar-refractivity contribution in [3.63, 3.8) is 0 Å². The monoisotopic (exact) mass is 425 g/mol. The molecule has 31 heavy (non-hydrogen) atoms. The highest BCUT2D eigenvalue weighted by molar-refractivity contribution is 5.90. The van der Waals surface area contributed by atoms with Gasteiger partial charge < -0.3 is 19.9 Å². The lowest BCUT2D eigenvalue weighted by molar-refractivity contribution is -0.121. The van der Waals surface area contributed by atoms with Crippen molar-refractivity contribution in [1.29, 1.82) is 5.26 Å². The molecule has 2 aromatic rings. The Morgan fingerprint density at radius 1 is 1.19 bits per heavy atom. The van der Waals surface area contributed by atoms with Crippen LogP contribution in [0.4, 0.5) is 5.69 Å². The van der Waals surface area contributed by atoms with Crippen LogP contribution in [-0.4, -0.2) is 28.6 Å². The number of aryl methyl sites for hydroxylation is 1. The lowest BCUT2D eigenvalue weighted by Gasteiger charge is -2.30. The molecule has 0 bridgehead atoms. The smallest absolute Gasteiger partial charge is 0.227 e. The first-order valence-corrected chi connectivity index (χ1v) is 10.5. The van der Waals surface area contributed by atoms with Crippen LogP contribution >= 0.6 is 0 Å². The first-order valence-electron chi connectivity index (χ1n) is 10.5. The second-order valence-corrected chi connectivity index (χ2v) is 7.71. The lowest BCUT2D eigenvalue weighted by atomic mass is 9.89. The Hall–Kier alpha value is -3.41. The van der Waals surface area contributed by atoms with E-state index in [1.807, 2.05) is 6.07 Å². The number of nitrogens with zero attached hydrogens (tertiary/aromatic N) is 3. The normalized spacial score (nSPS) is 15.4. The topological polar surface area (TPSA) is 130 Å². The predicted octanol–water partition coefficient (Wildman–Crippen LogP) is 3.23. The van der Waals surface area contributed by atoms with Gasteiger partial charge in [0.05, 0.1) is 0 Å². The van der Waals surface area contributed by atoms with Gasteiger partial charge in [-0.3, -0.25) is 9.59 Å². The van der Waals surface area contributed by atoms with Crippen molar-refractivity contribution < 1.29 is 18.8 Å². The number of aromatic nitrogens is 2. The second-order valence-electron chi connectivity index (χ2n) is 7.71. The van der Waals surface area contributed by atoms with Crippen molar-refractivity contribution in [2.45, 2.75) is 63.8 Å². The lowest BCUT2D eigenvalue weighted by Crippen LogP contribution is -2.45. The number of hydrogen-bond acceptors (Lipinski definition) is 7. The maximum absolute atomic E-state index is 12.3. The first-order chi connectivity index (χ1) is 15.0. The van der Waals surface area contributed by atoms with Crippen molar-refractivity contribution in [2.24, 2.45) is 0 Å². The predicted molar refractivity (Wildman–Crippen MR) is 112 cm³/mol. The number of ether oxygens (including phenoxy) is 1. The molecule has 0 aliphatic heterocycles. The van der Waals surface area contributed by atoms with E-state index >= 15 is 0 Å². The average Bonchev–Trinajstić information content (AvgIpc) is 3.12. The van der Waals surface area contributed by atoms with Crippen LogP contribution in [0.25, 0.3) is 0 Å². The van der Waals surface area contributed by atoms with E-state index in [2.05, 4.69) is 20.8 Å². The van der Waals surface area contributed by atoms with Crippen LogP contribution in [0.5, 0.6) is 5.75 Å². The van der Waals surface area contributed by atoms with Crippen molar-refractivity contribution >= 4 is 17.5 Å². The van der Waals surface area contributed by atoms with Crippen LogP contribution in [0.15, 0.2) is 28.8 Å². The first kappa shape index (κ1) is 22.3. The minimum absolute atomic E-state index is 0.0267. The molecule has 1 saturated carbocycles. The van der Waals surface area contributed by atoms with Gasteiger partial charge >= 0.3 is 0 Å². The fraction of sp³-hybridized carbons (Fsp3) is 0.500. The number of carbonyl (C=O) groups is 2. The molecule has 164 valence electrons. The van der Waals surface area contributed by atoms with Crippen LogP contribution in [0.2, 0.25) is 0 Å². The van der Waals surface area contributed by atoms with Crippen molar-refractivity contribution in [2.75, 3.05) is 11.9 Å². The van der Waals surface area contributed by atoms with Gasteiger partial charge in [0, 0.05) is 25.5 Å². The number of amides is 2. The molecule has 1 aliphatic rings. The van der Waals surface area contributed by atoms with Gasteiger partial charge in [-0.15, -0.1) is 0 Å². The summed E-state index contributed by atoms with van der Waals surface area (Å²) < 4.78 is 10.6. The fourth-order valence-electron chi connectivity index (χ4n) is 3.82. The SMILES string of the molecule is CC(=O)NC1(c2noc(CCC(=O)Nc3ccc(OCC#N)cc3)n2)CCCCCC1. The van der Waals surface area contributed by atoms with E-state index in [-0.39, 0.29) is 24.8 Å². The summed E-state index contributed by atoms with van der Waals surface area (Å²) in [6.07, 6.45) is 6.27. The van der Waals surface area contributed by atoms with Crippen molar-refractivity contribution in [3.05, 3.63) is 36.0 Å². The van der Waals surface area contributed by atoms with E-state index in [9.17, 15) is 9.59 Å². The Balaban J connectivity index is 1.57. The Bertz CT molecular complexity index is 924. The molecule has 0 saturated heterocycles. The molecule has 0 radical (unpaired) electrons. The van der Waals surface area contributed by atoms with Gasteiger partial charge in [0.2, 0.25) is 17.7 Å². The Labute approximate surface area is 181 Å². The second kappa shape index (κ2) is 10.6. The minimum Gasteiger partial charge on any atom is -0.479 e. The summed E-state index contributed by atoms with van der Waals surface area (Å²) in [4.78, 5) is 28.6. The van der Waals surface area contributed by atoms with Crippen LogP contribution in [0.3, 0.4) is 0 Å². The molecular weight excluding hydrogens is 398 g/mol. The van der Waals surface area contributed by atoms with Gasteiger partial charge in [0.25, 0.3) is 0 Å². The highest BCUT2D eigenvalue weighted by atomic mass is 16.5. The van der Waals surface area contributed by atoms with E-state index < -0.39 is 5.54 Å². The third kappa shape index (κ3) is 6.28. The number of rotatable bonds is 8. The Morgan fingerprint density at radius 3 is 2.55 bits per heavy atom. The maximum atomic E-state index is 12.3. The molecule has 1 aromatic carbocycles. The summed E-state index contributed by atoms with van der Waals surface area (Å²) in [6, 6.07) is 8.69. The molecule has 0 spiro atoms. The van der Waals surface area contributed by atoms with E-state index in [4.69, 9.17) is 14.5 Å². The third-order valence-corrected chi connectivity index (χ3v) is 5.28. The van der Waals surface area contributed by atoms with E-state index in [1.165, 1.54) is 6.92 Å². The largest absolute Gasteiger partial charge is 0.479 e. The summed E-state index contributed by atoms with van der Waals surface area (Å²) >= 11 is 0. The van der Waals surface area contributed by atoms with E-state index in [1.54, 1.807) is 24.3 Å². The molecule has 0 unspecified atom stereocenters. The van der Waals surface area contributed by atoms with E-state index in [0.29, 0.717) is 29.6 Å². The van der Waals surface area contributed by atoms with E-state index in [0.717, 1.165) is 38.5 Å². The average molecular weight is 425 g/mol. The molecule has 1 heterocycles. The Kier molecular flexibility index (Phi) is 7.60. The van der Waals surface area contributed by atoms with Gasteiger partial charge in [0.15, 0.2) is 12.4 Å². The fourth-order valence-corrected chi connectivity index (χ4v) is 3.82. The summed E-state index contributed by atoms with van der Waals surface area (Å²) in [5.41, 5.74) is 0.0328. The Morgan fingerprint density at radius 2 is 1.90 bits per heavy atom. The van der Waals surface area contributed by atoms with Crippen LogP contribution in [0.1, 0.15) is 63.6 Å². The zero-order chi connectivity index (χ0) is 22.1. The van der Waals surface area contributed by atoms with Gasteiger partial charge in [-0.1, -0.05) is 30.8 Å². The maximum Gasteiger partial charge on any atom is 0.227 e. The number of nitriles is 1. The van der Waals surface area contributed by atoms with Crippen molar-refractivity contribution in [3.8, 4) is 11.8 Å². The van der Waals surface area contributed by atoms with Gasteiger partial charge in [-0.2, -0.15) is 10.2 Å². The van der Waals surface area contributed by atoms with Crippen molar-refractivity contribution in [1.82, 2.24) is 15.5 Å². The minimum atomic E-state index is -0.596. The molecule has 3 rings (SSSR count).